The van der Waals surface area contributed by atoms with Crippen molar-refractivity contribution in [1.29, 1.82) is 0 Å². The fourth-order valence-electron chi connectivity index (χ4n) is 6.27. The second-order valence-corrected chi connectivity index (χ2v) is 21.4. The third kappa shape index (κ3) is 23.9. The maximum absolute atomic E-state index is 13.9. The van der Waals surface area contributed by atoms with Gasteiger partial charge in [0.25, 0.3) is 0 Å². The molecule has 3 unspecified atom stereocenters. The van der Waals surface area contributed by atoms with E-state index < -0.39 is 84.4 Å². The molecule has 0 bridgehead atoms. The van der Waals surface area contributed by atoms with Crippen molar-refractivity contribution in [2.45, 2.75) is 135 Å². The zero-order valence-corrected chi connectivity index (χ0v) is 42.5. The number of esters is 1. The first kappa shape index (κ1) is 61.5. The lowest BCUT2D eigenvalue weighted by Gasteiger charge is -2.22. The number of nitrogens with two attached hydrogens (primary N) is 1. The van der Waals surface area contributed by atoms with Gasteiger partial charge < -0.3 is 46.8 Å². The number of nitrogens with zero attached hydrogens (tertiary/aromatic N) is 2. The molecule has 1 saturated heterocycles. The van der Waals surface area contributed by atoms with E-state index in [4.69, 9.17) is 42.6 Å². The van der Waals surface area contributed by atoms with E-state index in [0.29, 0.717) is 12.0 Å². The molecule has 1 aromatic heterocycles. The van der Waals surface area contributed by atoms with Crippen LogP contribution in [-0.4, -0.2) is 55.9 Å². The van der Waals surface area contributed by atoms with E-state index in [0.717, 1.165) is 41.8 Å². The Kier molecular flexibility index (Phi) is 28.3. The van der Waals surface area contributed by atoms with Gasteiger partial charge in [-0.3, -0.25) is 22.9 Å². The molecule has 3 aromatic rings. The van der Waals surface area contributed by atoms with Crippen LogP contribution in [0.25, 0.3) is 0 Å². The Morgan fingerprint density at radius 2 is 1.28 bits per heavy atom. The number of hydrogen-bond acceptors (Lipinski definition) is 20. The number of benzene rings is 2. The Hall–Kier alpha value is -3.57. The minimum Gasteiger partial charge on any atom is -0.434 e. The molecule has 2 heterocycles. The Bertz CT molecular complexity index is 2210. The van der Waals surface area contributed by atoms with E-state index in [2.05, 4.69) is 16.2 Å². The van der Waals surface area contributed by atoms with Gasteiger partial charge in [-0.25, -0.2) is 27.7 Å². The highest BCUT2D eigenvalue weighted by molar-refractivity contribution is 8.00. The summed E-state index contributed by atoms with van der Waals surface area (Å²) in [5.74, 6) is -1.72. The molecule has 1 aliphatic rings. The molecule has 0 radical (unpaired) electrons. The third-order valence-electron chi connectivity index (χ3n) is 9.83. The van der Waals surface area contributed by atoms with Crippen LogP contribution < -0.4 is 33.2 Å². The van der Waals surface area contributed by atoms with Gasteiger partial charge in [-0.15, -0.1) is 11.8 Å². The number of anilines is 1. The van der Waals surface area contributed by atoms with E-state index in [1.807, 2.05) is 0 Å². The van der Waals surface area contributed by atoms with Crippen molar-refractivity contribution in [3.05, 3.63) is 82.2 Å². The first-order valence-electron chi connectivity index (χ1n) is 22.1. The Morgan fingerprint density at radius 3 is 1.80 bits per heavy atom. The van der Waals surface area contributed by atoms with Crippen molar-refractivity contribution in [1.82, 2.24) is 21.9 Å². The van der Waals surface area contributed by atoms with Gasteiger partial charge >= 0.3 is 41.3 Å². The van der Waals surface area contributed by atoms with Crippen LogP contribution in [0.2, 0.25) is 0 Å². The summed E-state index contributed by atoms with van der Waals surface area (Å²) in [5.41, 5.74) is 3.92. The molecule has 0 aliphatic carbocycles. The normalized spacial score (nSPS) is 17.1. The summed E-state index contributed by atoms with van der Waals surface area (Å²) in [5, 5.41) is 0. The number of thioether (sulfide) groups is 1. The highest BCUT2D eigenvalue weighted by atomic mass is 32.2. The lowest BCUT2D eigenvalue weighted by Crippen LogP contribution is -2.30. The smallest absolute Gasteiger partial charge is 0.434 e. The van der Waals surface area contributed by atoms with Gasteiger partial charge in [-0.2, -0.15) is 13.6 Å². The van der Waals surface area contributed by atoms with E-state index in [-0.39, 0.29) is 48.1 Å². The summed E-state index contributed by atoms with van der Waals surface area (Å²) < 4.78 is 100. The van der Waals surface area contributed by atoms with Crippen LogP contribution in [0.4, 0.5) is 15.0 Å². The van der Waals surface area contributed by atoms with Gasteiger partial charge in [-0.1, -0.05) is 122 Å². The van der Waals surface area contributed by atoms with Crippen molar-refractivity contribution >= 4 is 53.2 Å². The minimum atomic E-state index is -5.83. The summed E-state index contributed by atoms with van der Waals surface area (Å²) in [6, 6.07) is 11.3. The lowest BCUT2D eigenvalue weighted by molar-refractivity contribution is -0.134. The van der Waals surface area contributed by atoms with Crippen LogP contribution in [0, 0.1) is 5.82 Å². The van der Waals surface area contributed by atoms with Crippen LogP contribution >= 0.6 is 35.2 Å². The number of halogens is 1. The maximum atomic E-state index is 13.9. The highest BCUT2D eigenvalue weighted by Gasteiger charge is 2.44. The molecular weight excluding hydrogens is 990 g/mol. The maximum Gasteiger partial charge on any atom is 0.513 e. The Labute approximate surface area is 405 Å². The first-order valence-corrected chi connectivity index (χ1v) is 27.6. The number of ether oxygens (including phenoxy) is 4. The van der Waals surface area contributed by atoms with Gasteiger partial charge in [0.1, 0.15) is 23.2 Å². The van der Waals surface area contributed by atoms with Crippen LogP contribution in [0.15, 0.2) is 59.5 Å². The number of carbonyl (C=O) groups excluding carboxylic acids is 2. The van der Waals surface area contributed by atoms with Gasteiger partial charge in [0.2, 0.25) is 0 Å². The fraction of sp³-hybridized carbons (Fsp3) is 0.571. The molecule has 69 heavy (non-hydrogen) atoms. The molecule has 0 amide bonds. The molecule has 0 saturated carbocycles. The van der Waals surface area contributed by atoms with Crippen LogP contribution in [0.5, 0.6) is 11.5 Å². The molecule has 4 rings (SSSR count). The van der Waals surface area contributed by atoms with E-state index in [9.17, 15) is 42.3 Å². The van der Waals surface area contributed by atoms with Crippen LogP contribution in [0.3, 0.4) is 0 Å². The number of carbonyl (C=O) groups is 2. The Morgan fingerprint density at radius 1 is 0.768 bits per heavy atom. The van der Waals surface area contributed by atoms with E-state index >= 15 is 0 Å². The summed E-state index contributed by atoms with van der Waals surface area (Å²) in [7, 11) is -16.5. The molecular formula is C42H67FN5O17P3S. The average Bonchev–Trinajstić information content (AvgIpc) is 3.76. The number of rotatable bonds is 32. The summed E-state index contributed by atoms with van der Waals surface area (Å²) in [6.07, 6.45) is 15.7. The van der Waals surface area contributed by atoms with Crippen LogP contribution in [0.1, 0.15) is 128 Å². The van der Waals surface area contributed by atoms with Crippen molar-refractivity contribution in [3.8, 4) is 11.5 Å². The molecule has 1 fully saturated rings. The van der Waals surface area contributed by atoms with Crippen molar-refractivity contribution in [3.63, 3.8) is 0 Å². The summed E-state index contributed by atoms with van der Waals surface area (Å²) >= 11 is 0.981. The largest absolute Gasteiger partial charge is 0.513 e. The zero-order chi connectivity index (χ0) is 48.7. The number of nitrogen functional groups attached to an aromatic ring is 1. The molecule has 0 spiro atoms. The average molecular weight is 1060 g/mol. The number of phosphoric acid groups is 3. The van der Waals surface area contributed by atoms with E-state index in [1.54, 1.807) is 6.92 Å². The standard InChI is InChI=1S/C42H61FN3O17P3S.2H3N/c1-3-5-6-7-8-9-10-11-12-13-14-15-16-17-26-55-42(49)60-35-24-20-33(21-25-35)29-58-66(54,57-28-32-18-22-34(23-19-32)59-38(47)4-2)63-65(52,53)62-64(50,51)56-30-39-61-37(31-67-39)46-27-36(43)40(44)45-41(46)48;;/h18-25,27,37,39H,3-17,26,28-31H2,1-2H3,(H,50,51)(H,52,53)(H2,44,45,48);2*1H3/t37-,39+,66?;;/m0../s1. The monoisotopic (exact) mass is 1060 g/mol. The van der Waals surface area contributed by atoms with E-state index in [1.165, 1.54) is 113 Å². The predicted octanol–water partition coefficient (Wildman–Crippen LogP) is 11.0. The van der Waals surface area contributed by atoms with Crippen molar-refractivity contribution in [2.75, 3.05) is 24.7 Å². The zero-order valence-electron chi connectivity index (χ0n) is 39.0. The predicted molar refractivity (Wildman–Crippen MR) is 255 cm³/mol. The van der Waals surface area contributed by atoms with Gasteiger partial charge in [-0.05, 0) is 41.8 Å². The lowest BCUT2D eigenvalue weighted by atomic mass is 10.0. The Balaban J connectivity index is 0.00000817. The summed E-state index contributed by atoms with van der Waals surface area (Å²) in [6.45, 7) is 2.13. The number of phosphoric ester groups is 2. The second-order valence-electron chi connectivity index (χ2n) is 15.3. The molecule has 5 atom stereocenters. The van der Waals surface area contributed by atoms with Gasteiger partial charge in [0.05, 0.1) is 32.6 Å². The molecule has 22 nitrogen and oxygen atoms in total. The number of hydrogen-bond donors (Lipinski definition) is 5. The fourth-order valence-corrected chi connectivity index (χ4v) is 11.4. The SMILES string of the molecule is CCCCCCCCCCCCCCCCOC(=O)Oc1ccc(COP(=O)(OCc2ccc(OC(=O)CC)cc2)OP(=O)(O)OP(=O)(O)OC[C@@H]2O[C@H](n3cc(F)c(N)nc3=O)CS2)cc1.N.N. The third-order valence-corrected chi connectivity index (χ3v) is 15.6. The highest BCUT2D eigenvalue weighted by Crippen LogP contribution is 2.69. The van der Waals surface area contributed by atoms with Gasteiger partial charge in [0.15, 0.2) is 11.6 Å². The summed E-state index contributed by atoms with van der Waals surface area (Å²) in [4.78, 5) is 60.3. The quantitative estimate of drug-likeness (QED) is 0.0127. The van der Waals surface area contributed by atoms with Crippen LogP contribution in [-0.2, 0) is 63.4 Å². The molecule has 27 heteroatoms. The molecule has 1 aliphatic heterocycles. The second kappa shape index (κ2) is 31.7. The number of aromatic nitrogens is 2. The molecule has 390 valence electrons. The minimum absolute atomic E-state index is 0. The van der Waals surface area contributed by atoms with Crippen molar-refractivity contribution < 1.29 is 78.6 Å². The first-order chi connectivity index (χ1) is 32.0. The van der Waals surface area contributed by atoms with Crippen molar-refractivity contribution in [2.24, 2.45) is 0 Å². The topological polar surface area (TPSA) is 340 Å². The molecule has 10 N–H and O–H groups in total. The molecule has 2 aromatic carbocycles. The van der Waals surface area contributed by atoms with Gasteiger partial charge in [0, 0.05) is 12.2 Å². The number of unbranched alkanes of at least 4 members (excludes halogenated alkanes) is 13.